The Kier molecular flexibility index (Phi) is 3.55. The summed E-state index contributed by atoms with van der Waals surface area (Å²) in [4.78, 5) is 2.10. The van der Waals surface area contributed by atoms with E-state index in [0.717, 1.165) is 5.69 Å². The number of rotatable bonds is 4. The second-order valence-corrected chi connectivity index (χ2v) is 4.69. The molecule has 1 aromatic heterocycles. The van der Waals surface area contributed by atoms with E-state index in [2.05, 4.69) is 46.5 Å². The first-order valence-corrected chi connectivity index (χ1v) is 6.10. The van der Waals surface area contributed by atoms with Gasteiger partial charge in [0.15, 0.2) is 0 Å². The molecule has 2 rings (SSSR count). The fraction of sp³-hybridized carbons (Fsp3) is 0.357. The molecule has 0 bridgehead atoms. The molecule has 1 heterocycles. The van der Waals surface area contributed by atoms with Gasteiger partial charge in [0.25, 0.3) is 0 Å². The van der Waals surface area contributed by atoms with Crippen LogP contribution in [0.15, 0.2) is 36.5 Å². The number of hydrogen-bond acceptors (Lipinski definition) is 3. The molecule has 1 atom stereocenters. The third-order valence-electron chi connectivity index (χ3n) is 3.05. The summed E-state index contributed by atoms with van der Waals surface area (Å²) in [5.41, 5.74) is 3.48. The monoisotopic (exact) mass is 244 g/mol. The highest BCUT2D eigenvalue weighted by Gasteiger charge is 2.09. The van der Waals surface area contributed by atoms with Crippen molar-refractivity contribution in [2.45, 2.75) is 13.0 Å². The average molecular weight is 244 g/mol. The molecular formula is C14H20N4. The van der Waals surface area contributed by atoms with Crippen molar-refractivity contribution in [2.24, 2.45) is 7.05 Å². The Balaban J connectivity index is 2.14. The molecule has 1 N–H and O–H groups in total. The Hall–Kier alpha value is -1.97. The highest BCUT2D eigenvalue weighted by Crippen LogP contribution is 2.22. The van der Waals surface area contributed by atoms with E-state index in [4.69, 9.17) is 0 Å². The fourth-order valence-corrected chi connectivity index (χ4v) is 2.01. The minimum Gasteiger partial charge on any atom is -0.378 e. The summed E-state index contributed by atoms with van der Waals surface area (Å²) in [6.07, 6.45) is 1.82. The van der Waals surface area contributed by atoms with Gasteiger partial charge < -0.3 is 10.2 Å². The van der Waals surface area contributed by atoms with Crippen molar-refractivity contribution in [1.29, 1.82) is 0 Å². The maximum atomic E-state index is 4.19. The predicted molar refractivity (Wildman–Crippen MR) is 76.0 cm³/mol. The van der Waals surface area contributed by atoms with Gasteiger partial charge in [-0.1, -0.05) is 6.07 Å². The van der Waals surface area contributed by atoms with Crippen molar-refractivity contribution in [3.63, 3.8) is 0 Å². The Morgan fingerprint density at radius 3 is 2.67 bits per heavy atom. The molecule has 0 radical (unpaired) electrons. The second-order valence-electron chi connectivity index (χ2n) is 4.69. The van der Waals surface area contributed by atoms with E-state index in [1.165, 1.54) is 11.4 Å². The predicted octanol–water partition coefficient (Wildman–Crippen LogP) is 2.66. The molecule has 0 saturated heterocycles. The zero-order valence-electron chi connectivity index (χ0n) is 11.4. The van der Waals surface area contributed by atoms with E-state index >= 15 is 0 Å². The number of nitrogens with one attached hydrogen (secondary N) is 1. The summed E-state index contributed by atoms with van der Waals surface area (Å²) in [5.74, 6) is 0. The maximum Gasteiger partial charge on any atom is 0.0653 e. The van der Waals surface area contributed by atoms with E-state index in [1.807, 2.05) is 38.1 Å². The van der Waals surface area contributed by atoms with E-state index in [1.54, 1.807) is 0 Å². The Morgan fingerprint density at radius 1 is 1.28 bits per heavy atom. The molecule has 0 spiro atoms. The lowest BCUT2D eigenvalue weighted by Crippen LogP contribution is -2.12. The van der Waals surface area contributed by atoms with Gasteiger partial charge in [0.2, 0.25) is 0 Å². The second kappa shape index (κ2) is 5.12. The molecule has 0 aliphatic carbocycles. The maximum absolute atomic E-state index is 4.19. The van der Waals surface area contributed by atoms with Crippen LogP contribution in [0.4, 0.5) is 11.4 Å². The van der Waals surface area contributed by atoms with Gasteiger partial charge in [-0.2, -0.15) is 5.10 Å². The van der Waals surface area contributed by atoms with Gasteiger partial charge in [-0.3, -0.25) is 4.68 Å². The van der Waals surface area contributed by atoms with Gasteiger partial charge in [0, 0.05) is 38.7 Å². The third-order valence-corrected chi connectivity index (χ3v) is 3.05. The zero-order valence-corrected chi connectivity index (χ0v) is 11.4. The number of hydrogen-bond donors (Lipinski definition) is 1. The van der Waals surface area contributed by atoms with E-state index in [9.17, 15) is 0 Å². The summed E-state index contributed by atoms with van der Waals surface area (Å²) in [5, 5.41) is 7.69. The lowest BCUT2D eigenvalue weighted by atomic mass is 10.2. The van der Waals surface area contributed by atoms with Crippen molar-refractivity contribution in [3.8, 4) is 0 Å². The number of anilines is 2. The number of aryl methyl sites for hydroxylation is 1. The van der Waals surface area contributed by atoms with Gasteiger partial charge in [0.05, 0.1) is 11.7 Å². The number of aromatic nitrogens is 2. The lowest BCUT2D eigenvalue weighted by molar-refractivity contribution is 0.676. The zero-order chi connectivity index (χ0) is 13.1. The lowest BCUT2D eigenvalue weighted by Gasteiger charge is -2.18. The molecular weight excluding hydrogens is 224 g/mol. The molecule has 4 heteroatoms. The summed E-state index contributed by atoms with van der Waals surface area (Å²) in [7, 11) is 6.05. The first-order valence-electron chi connectivity index (χ1n) is 6.10. The van der Waals surface area contributed by atoms with Crippen LogP contribution >= 0.6 is 0 Å². The minimum absolute atomic E-state index is 0.231. The van der Waals surface area contributed by atoms with Gasteiger partial charge in [-0.05, 0) is 31.2 Å². The largest absolute Gasteiger partial charge is 0.378 e. The molecule has 0 fully saturated rings. The average Bonchev–Trinajstić information content (AvgIpc) is 2.76. The standard InChI is InChI=1S/C14H20N4/c1-11(14-8-9-15-18(14)4)16-12-6-5-7-13(10-12)17(2)3/h5-11,16H,1-4H3. The van der Waals surface area contributed by atoms with E-state index < -0.39 is 0 Å². The quantitative estimate of drug-likeness (QED) is 0.897. The van der Waals surface area contributed by atoms with Crippen molar-refractivity contribution < 1.29 is 0 Å². The SMILES string of the molecule is CC(Nc1cccc(N(C)C)c1)c1ccnn1C. The molecule has 4 nitrogen and oxygen atoms in total. The number of nitrogens with zero attached hydrogens (tertiary/aromatic N) is 3. The smallest absolute Gasteiger partial charge is 0.0653 e. The molecule has 0 saturated carbocycles. The van der Waals surface area contributed by atoms with Crippen LogP contribution in [0, 0.1) is 0 Å². The molecule has 1 aromatic carbocycles. The van der Waals surface area contributed by atoms with Crippen LogP contribution in [0.25, 0.3) is 0 Å². The first-order chi connectivity index (χ1) is 8.58. The van der Waals surface area contributed by atoms with Crippen LogP contribution in [-0.4, -0.2) is 23.9 Å². The molecule has 0 amide bonds. The summed E-state index contributed by atoms with van der Waals surface area (Å²) < 4.78 is 1.90. The molecule has 1 unspecified atom stereocenters. The van der Waals surface area contributed by atoms with Crippen LogP contribution in [0.1, 0.15) is 18.7 Å². The Morgan fingerprint density at radius 2 is 2.06 bits per heavy atom. The molecule has 0 aliphatic heterocycles. The van der Waals surface area contributed by atoms with Gasteiger partial charge in [0.1, 0.15) is 0 Å². The van der Waals surface area contributed by atoms with Gasteiger partial charge >= 0.3 is 0 Å². The normalized spacial score (nSPS) is 12.2. The van der Waals surface area contributed by atoms with Crippen molar-refractivity contribution >= 4 is 11.4 Å². The molecule has 96 valence electrons. The summed E-state index contributed by atoms with van der Waals surface area (Å²) in [6, 6.07) is 10.7. The van der Waals surface area contributed by atoms with Crippen LogP contribution in [0.5, 0.6) is 0 Å². The van der Waals surface area contributed by atoms with Crippen LogP contribution in [-0.2, 0) is 7.05 Å². The molecule has 18 heavy (non-hydrogen) atoms. The van der Waals surface area contributed by atoms with Crippen LogP contribution in [0.3, 0.4) is 0 Å². The van der Waals surface area contributed by atoms with Gasteiger partial charge in [-0.15, -0.1) is 0 Å². The minimum atomic E-state index is 0.231. The van der Waals surface area contributed by atoms with E-state index in [0.29, 0.717) is 0 Å². The van der Waals surface area contributed by atoms with Crippen molar-refractivity contribution in [2.75, 3.05) is 24.3 Å². The Bertz CT molecular complexity index is 516. The third kappa shape index (κ3) is 2.64. The molecule has 2 aromatic rings. The van der Waals surface area contributed by atoms with E-state index in [-0.39, 0.29) is 6.04 Å². The fourth-order valence-electron chi connectivity index (χ4n) is 2.01. The number of benzene rings is 1. The van der Waals surface area contributed by atoms with Gasteiger partial charge in [-0.25, -0.2) is 0 Å². The summed E-state index contributed by atoms with van der Waals surface area (Å²) in [6.45, 7) is 2.14. The first kappa shape index (κ1) is 12.5. The highest BCUT2D eigenvalue weighted by molar-refractivity contribution is 5.57. The summed E-state index contributed by atoms with van der Waals surface area (Å²) >= 11 is 0. The van der Waals surface area contributed by atoms with Crippen molar-refractivity contribution in [1.82, 2.24) is 9.78 Å². The van der Waals surface area contributed by atoms with Crippen LogP contribution in [0.2, 0.25) is 0 Å². The highest BCUT2D eigenvalue weighted by atomic mass is 15.3. The van der Waals surface area contributed by atoms with Crippen LogP contribution < -0.4 is 10.2 Å². The Labute approximate surface area is 108 Å². The van der Waals surface area contributed by atoms with Crippen molar-refractivity contribution in [3.05, 3.63) is 42.2 Å². The molecule has 0 aliphatic rings. The topological polar surface area (TPSA) is 33.1 Å².